The number of rotatable bonds is 3. The number of benzene rings is 1. The van der Waals surface area contributed by atoms with Gasteiger partial charge in [0.1, 0.15) is 0 Å². The lowest BCUT2D eigenvalue weighted by Crippen LogP contribution is -2.22. The van der Waals surface area contributed by atoms with E-state index in [1.54, 1.807) is 0 Å². The summed E-state index contributed by atoms with van der Waals surface area (Å²) in [5.74, 6) is 0. The van der Waals surface area contributed by atoms with Gasteiger partial charge in [-0.25, -0.2) is 0 Å². The minimum absolute atomic E-state index is 0.507. The molecule has 0 saturated carbocycles. The Hall–Kier alpha value is -0.800. The molecule has 0 fully saturated rings. The molecule has 2 aromatic rings. The van der Waals surface area contributed by atoms with Crippen molar-refractivity contribution in [2.45, 2.75) is 40.3 Å². The molecule has 92 valence electrons. The fraction of sp³-hybridized carbons (Fsp3) is 0.429. The summed E-state index contributed by atoms with van der Waals surface area (Å²) in [5.41, 5.74) is 5.17. The van der Waals surface area contributed by atoms with Crippen LogP contribution in [0.3, 0.4) is 0 Å². The number of aromatic nitrogens is 1. The Morgan fingerprint density at radius 2 is 2.00 bits per heavy atom. The molecule has 3 heteroatoms. The number of hydrogen-bond donors (Lipinski definition) is 2. The van der Waals surface area contributed by atoms with Gasteiger partial charge >= 0.3 is 0 Å². The smallest absolute Gasteiger partial charge is 0.0489 e. The topological polar surface area (TPSA) is 27.8 Å². The highest BCUT2D eigenvalue weighted by Crippen LogP contribution is 2.28. The van der Waals surface area contributed by atoms with Crippen LogP contribution in [0.2, 0.25) is 0 Å². The van der Waals surface area contributed by atoms with Crippen molar-refractivity contribution in [1.82, 2.24) is 10.3 Å². The molecule has 0 unspecified atom stereocenters. The maximum Gasteiger partial charge on any atom is 0.0489 e. The van der Waals surface area contributed by atoms with Crippen LogP contribution < -0.4 is 5.32 Å². The first-order chi connectivity index (χ1) is 7.99. The molecular weight excluding hydrogens is 276 g/mol. The number of aryl methyl sites for hydroxylation is 2. The van der Waals surface area contributed by atoms with E-state index in [4.69, 9.17) is 0 Å². The molecule has 0 spiro atoms. The maximum absolute atomic E-state index is 3.57. The van der Waals surface area contributed by atoms with E-state index in [-0.39, 0.29) is 0 Å². The van der Waals surface area contributed by atoms with Crippen molar-refractivity contribution in [3.05, 3.63) is 33.4 Å². The van der Waals surface area contributed by atoms with Crippen LogP contribution in [0.15, 0.2) is 16.6 Å². The second kappa shape index (κ2) is 4.83. The zero-order valence-corrected chi connectivity index (χ0v) is 12.4. The van der Waals surface area contributed by atoms with E-state index in [1.807, 2.05) is 0 Å². The second-order valence-corrected chi connectivity index (χ2v) is 5.83. The van der Waals surface area contributed by atoms with E-state index in [0.29, 0.717) is 6.04 Å². The standard InChI is InChI=1S/C14H19BrN2/c1-8(2)16-7-13-10(4)17-14-9(3)5-11(15)6-12(13)14/h5-6,8,16-17H,7H2,1-4H3. The Balaban J connectivity index is 2.50. The van der Waals surface area contributed by atoms with Gasteiger partial charge in [0, 0.05) is 33.7 Å². The largest absolute Gasteiger partial charge is 0.358 e. The molecule has 0 saturated heterocycles. The SMILES string of the molecule is Cc1[nH]c2c(C)cc(Br)cc2c1CNC(C)C. The average Bonchev–Trinajstić information content (AvgIpc) is 2.52. The normalized spacial score (nSPS) is 11.6. The Kier molecular flexibility index (Phi) is 3.59. The van der Waals surface area contributed by atoms with Crippen molar-refractivity contribution in [3.8, 4) is 0 Å². The van der Waals surface area contributed by atoms with Gasteiger partial charge in [-0.15, -0.1) is 0 Å². The van der Waals surface area contributed by atoms with Crippen LogP contribution in [0, 0.1) is 13.8 Å². The molecule has 1 heterocycles. The van der Waals surface area contributed by atoms with Crippen LogP contribution in [0.4, 0.5) is 0 Å². The van der Waals surface area contributed by atoms with Gasteiger partial charge in [0.05, 0.1) is 0 Å². The molecule has 0 atom stereocenters. The summed E-state index contributed by atoms with van der Waals surface area (Å²) < 4.78 is 1.15. The summed E-state index contributed by atoms with van der Waals surface area (Å²) in [7, 11) is 0. The van der Waals surface area contributed by atoms with Crippen LogP contribution in [-0.2, 0) is 6.54 Å². The number of halogens is 1. The van der Waals surface area contributed by atoms with Crippen LogP contribution >= 0.6 is 15.9 Å². The molecule has 2 rings (SSSR count). The molecule has 1 aromatic carbocycles. The molecule has 0 aliphatic carbocycles. The van der Waals surface area contributed by atoms with Gasteiger partial charge in [0.2, 0.25) is 0 Å². The van der Waals surface area contributed by atoms with Gasteiger partial charge in [0.15, 0.2) is 0 Å². The third kappa shape index (κ3) is 2.55. The fourth-order valence-corrected chi connectivity index (χ4v) is 2.72. The van der Waals surface area contributed by atoms with Crippen molar-refractivity contribution in [1.29, 1.82) is 0 Å². The summed E-state index contributed by atoms with van der Waals surface area (Å²) in [4.78, 5) is 3.49. The minimum Gasteiger partial charge on any atom is -0.358 e. The first kappa shape index (κ1) is 12.7. The third-order valence-corrected chi connectivity index (χ3v) is 3.54. The molecule has 2 N–H and O–H groups in total. The predicted octanol–water partition coefficient (Wildman–Crippen LogP) is 4.05. The van der Waals surface area contributed by atoms with E-state index in [9.17, 15) is 0 Å². The Bertz CT molecular complexity index is 541. The summed E-state index contributed by atoms with van der Waals surface area (Å²) in [6.45, 7) is 9.55. The van der Waals surface area contributed by atoms with Crippen molar-refractivity contribution in [2.24, 2.45) is 0 Å². The first-order valence-corrected chi connectivity index (χ1v) is 6.79. The van der Waals surface area contributed by atoms with Crippen molar-refractivity contribution >= 4 is 26.8 Å². The summed E-state index contributed by atoms with van der Waals surface area (Å²) in [6.07, 6.45) is 0. The quantitative estimate of drug-likeness (QED) is 0.878. The molecule has 0 aliphatic rings. The van der Waals surface area contributed by atoms with Crippen LogP contribution in [-0.4, -0.2) is 11.0 Å². The van der Waals surface area contributed by atoms with E-state index >= 15 is 0 Å². The minimum atomic E-state index is 0.507. The van der Waals surface area contributed by atoms with Crippen LogP contribution in [0.5, 0.6) is 0 Å². The van der Waals surface area contributed by atoms with Gasteiger partial charge in [0.25, 0.3) is 0 Å². The number of aromatic amines is 1. The highest BCUT2D eigenvalue weighted by Gasteiger charge is 2.11. The number of H-pyrrole nitrogens is 1. The maximum atomic E-state index is 3.57. The lowest BCUT2D eigenvalue weighted by Gasteiger charge is -2.08. The van der Waals surface area contributed by atoms with Gasteiger partial charge in [-0.3, -0.25) is 0 Å². The monoisotopic (exact) mass is 294 g/mol. The number of fused-ring (bicyclic) bond motifs is 1. The summed E-state index contributed by atoms with van der Waals surface area (Å²) >= 11 is 3.57. The van der Waals surface area contributed by atoms with Crippen molar-refractivity contribution < 1.29 is 0 Å². The molecule has 17 heavy (non-hydrogen) atoms. The van der Waals surface area contributed by atoms with E-state index < -0.39 is 0 Å². The van der Waals surface area contributed by atoms with Crippen molar-refractivity contribution in [3.63, 3.8) is 0 Å². The van der Waals surface area contributed by atoms with Gasteiger partial charge in [-0.05, 0) is 37.1 Å². The molecule has 1 aromatic heterocycles. The zero-order valence-electron chi connectivity index (χ0n) is 10.8. The zero-order chi connectivity index (χ0) is 12.6. The predicted molar refractivity (Wildman–Crippen MR) is 77.4 cm³/mol. The van der Waals surface area contributed by atoms with Gasteiger partial charge in [-0.1, -0.05) is 29.8 Å². The molecule has 2 nitrogen and oxygen atoms in total. The molecule has 0 bridgehead atoms. The number of hydrogen-bond acceptors (Lipinski definition) is 1. The Morgan fingerprint density at radius 1 is 1.29 bits per heavy atom. The lowest BCUT2D eigenvalue weighted by atomic mass is 10.1. The molecule has 0 amide bonds. The van der Waals surface area contributed by atoms with Crippen molar-refractivity contribution in [2.75, 3.05) is 0 Å². The van der Waals surface area contributed by atoms with Crippen LogP contribution in [0.1, 0.15) is 30.7 Å². The Morgan fingerprint density at radius 3 is 2.65 bits per heavy atom. The van der Waals surface area contributed by atoms with E-state index in [2.05, 4.69) is 66.1 Å². The second-order valence-electron chi connectivity index (χ2n) is 4.91. The lowest BCUT2D eigenvalue weighted by molar-refractivity contribution is 0.589. The van der Waals surface area contributed by atoms with Gasteiger partial charge < -0.3 is 10.3 Å². The number of nitrogens with one attached hydrogen (secondary N) is 2. The van der Waals surface area contributed by atoms with Gasteiger partial charge in [-0.2, -0.15) is 0 Å². The molecule has 0 aliphatic heterocycles. The van der Waals surface area contributed by atoms with E-state index in [0.717, 1.165) is 11.0 Å². The van der Waals surface area contributed by atoms with Crippen LogP contribution in [0.25, 0.3) is 10.9 Å². The molecule has 0 radical (unpaired) electrons. The summed E-state index contributed by atoms with van der Waals surface area (Å²) in [6, 6.07) is 4.86. The molecular formula is C14H19BrN2. The fourth-order valence-electron chi connectivity index (χ4n) is 2.15. The average molecular weight is 295 g/mol. The summed E-state index contributed by atoms with van der Waals surface area (Å²) in [5, 5.41) is 4.81. The first-order valence-electron chi connectivity index (χ1n) is 5.99. The third-order valence-electron chi connectivity index (χ3n) is 3.08. The van der Waals surface area contributed by atoms with E-state index in [1.165, 1.54) is 27.7 Å². The Labute approximate surface area is 111 Å². The highest BCUT2D eigenvalue weighted by molar-refractivity contribution is 9.10. The highest BCUT2D eigenvalue weighted by atomic mass is 79.9.